The highest BCUT2D eigenvalue weighted by Crippen LogP contribution is 2.28. The average molecular weight is 404 g/mol. The molecule has 154 valence electrons. The van der Waals surface area contributed by atoms with Crippen molar-refractivity contribution in [1.82, 2.24) is 10.6 Å². The van der Waals surface area contributed by atoms with Gasteiger partial charge in [-0.1, -0.05) is 0 Å². The normalized spacial score (nSPS) is 21.7. The van der Waals surface area contributed by atoms with E-state index in [0.29, 0.717) is 25.8 Å². The molecule has 2 amide bonds. The maximum absolute atomic E-state index is 12.2. The van der Waals surface area contributed by atoms with Gasteiger partial charge in [-0.05, 0) is 50.0 Å². The Balaban J connectivity index is 2.36. The number of carbonyl (C=O) groups excluding carboxylic acids is 2. The number of carbonyl (C=O) groups is 4. The van der Waals surface area contributed by atoms with Gasteiger partial charge in [0.15, 0.2) is 0 Å². The Kier molecular flexibility index (Phi) is 10.2. The van der Waals surface area contributed by atoms with Gasteiger partial charge in [0.25, 0.3) is 0 Å². The van der Waals surface area contributed by atoms with E-state index in [0.717, 1.165) is 18.6 Å². The van der Waals surface area contributed by atoms with Gasteiger partial charge in [0.2, 0.25) is 11.8 Å². The lowest BCUT2D eigenvalue weighted by atomic mass is 9.81. The molecule has 1 aliphatic rings. The van der Waals surface area contributed by atoms with Gasteiger partial charge in [-0.3, -0.25) is 14.4 Å². The number of thioether (sulfide) groups is 1. The highest BCUT2D eigenvalue weighted by Gasteiger charge is 2.30. The minimum Gasteiger partial charge on any atom is -0.481 e. The number of nitrogens with one attached hydrogen (secondary N) is 2. The van der Waals surface area contributed by atoms with E-state index < -0.39 is 36.4 Å². The summed E-state index contributed by atoms with van der Waals surface area (Å²) in [5, 5.41) is 22.9. The first-order valence-electron chi connectivity index (χ1n) is 9.01. The number of carboxylic acids is 2. The van der Waals surface area contributed by atoms with Crippen LogP contribution >= 0.6 is 11.8 Å². The van der Waals surface area contributed by atoms with Crippen LogP contribution in [0, 0.1) is 11.8 Å². The average Bonchev–Trinajstić information content (AvgIpc) is 2.63. The Bertz CT molecular complexity index is 537. The molecule has 0 spiro atoms. The lowest BCUT2D eigenvalue weighted by Gasteiger charge is -2.29. The summed E-state index contributed by atoms with van der Waals surface area (Å²) in [4.78, 5) is 45.9. The summed E-state index contributed by atoms with van der Waals surface area (Å²) in [6.07, 6.45) is 4.54. The molecule has 0 aromatic heterocycles. The van der Waals surface area contributed by atoms with Crippen LogP contribution in [0.4, 0.5) is 0 Å². The van der Waals surface area contributed by atoms with E-state index in [1.807, 2.05) is 6.26 Å². The fraction of sp³-hybridized carbons (Fsp3) is 0.765. The molecule has 9 nitrogen and oxygen atoms in total. The summed E-state index contributed by atoms with van der Waals surface area (Å²) < 4.78 is 0. The summed E-state index contributed by atoms with van der Waals surface area (Å²) in [7, 11) is 0. The molecular formula is C17H29N3O6S. The number of rotatable bonds is 11. The van der Waals surface area contributed by atoms with Gasteiger partial charge in [0.1, 0.15) is 6.04 Å². The minimum atomic E-state index is -1.42. The van der Waals surface area contributed by atoms with Crippen LogP contribution in [-0.4, -0.2) is 64.6 Å². The van der Waals surface area contributed by atoms with Gasteiger partial charge < -0.3 is 26.6 Å². The molecule has 0 aromatic rings. The molecule has 0 aliphatic heterocycles. The summed E-state index contributed by atoms with van der Waals surface area (Å²) in [6.45, 7) is 0.511. The maximum Gasteiger partial charge on any atom is 0.326 e. The molecule has 0 radical (unpaired) electrons. The van der Waals surface area contributed by atoms with E-state index in [1.54, 1.807) is 11.8 Å². The number of aliphatic carboxylic acids is 2. The molecule has 0 saturated heterocycles. The molecular weight excluding hydrogens is 374 g/mol. The summed E-state index contributed by atoms with van der Waals surface area (Å²) >= 11 is 1.64. The second-order valence-electron chi connectivity index (χ2n) is 6.85. The van der Waals surface area contributed by atoms with E-state index in [4.69, 9.17) is 15.9 Å². The zero-order chi connectivity index (χ0) is 20.4. The van der Waals surface area contributed by atoms with Crippen LogP contribution in [0.2, 0.25) is 0 Å². The lowest BCUT2D eigenvalue weighted by Crippen LogP contribution is -2.46. The quantitative estimate of drug-likeness (QED) is 0.323. The first kappa shape index (κ1) is 23.2. The molecule has 0 aromatic carbocycles. The highest BCUT2D eigenvalue weighted by atomic mass is 32.2. The number of nitrogens with two attached hydrogens (primary N) is 1. The van der Waals surface area contributed by atoms with Crippen LogP contribution in [0.15, 0.2) is 0 Å². The van der Waals surface area contributed by atoms with Gasteiger partial charge in [-0.25, -0.2) is 4.79 Å². The number of hydrogen-bond acceptors (Lipinski definition) is 6. The molecule has 0 unspecified atom stereocenters. The number of amides is 2. The van der Waals surface area contributed by atoms with E-state index in [9.17, 15) is 19.2 Å². The van der Waals surface area contributed by atoms with Crippen molar-refractivity contribution in [3.8, 4) is 0 Å². The Morgan fingerprint density at radius 3 is 2.30 bits per heavy atom. The summed E-state index contributed by atoms with van der Waals surface area (Å²) in [5.74, 6) is -2.49. The van der Waals surface area contributed by atoms with Crippen LogP contribution in [0.25, 0.3) is 0 Å². The fourth-order valence-corrected chi connectivity index (χ4v) is 3.53. The summed E-state index contributed by atoms with van der Waals surface area (Å²) in [5.41, 5.74) is 5.82. The highest BCUT2D eigenvalue weighted by molar-refractivity contribution is 7.98. The van der Waals surface area contributed by atoms with E-state index in [1.165, 1.54) is 0 Å². The van der Waals surface area contributed by atoms with Crippen LogP contribution in [-0.2, 0) is 19.2 Å². The number of hydrogen-bond donors (Lipinski definition) is 5. The van der Waals surface area contributed by atoms with Crippen LogP contribution < -0.4 is 16.4 Å². The molecule has 2 atom stereocenters. The van der Waals surface area contributed by atoms with Gasteiger partial charge in [0, 0.05) is 12.5 Å². The SMILES string of the molecule is CSCC[C@H](N)C(=O)NCC1CCC(C(=O)N[C@@H](CC(=O)O)C(=O)O)CC1. The second-order valence-corrected chi connectivity index (χ2v) is 7.83. The van der Waals surface area contributed by atoms with Crippen molar-refractivity contribution in [2.24, 2.45) is 17.6 Å². The Morgan fingerprint density at radius 2 is 1.78 bits per heavy atom. The third-order valence-corrected chi connectivity index (χ3v) is 5.39. The zero-order valence-electron chi connectivity index (χ0n) is 15.5. The van der Waals surface area contributed by atoms with Gasteiger partial charge in [-0.2, -0.15) is 11.8 Å². The van der Waals surface area contributed by atoms with Crippen molar-refractivity contribution in [2.75, 3.05) is 18.6 Å². The van der Waals surface area contributed by atoms with Crippen molar-refractivity contribution in [2.45, 2.75) is 50.6 Å². The molecule has 1 fully saturated rings. The molecule has 10 heteroatoms. The summed E-state index contributed by atoms with van der Waals surface area (Å²) in [6, 6.07) is -1.93. The Morgan fingerprint density at radius 1 is 1.15 bits per heavy atom. The van der Waals surface area contributed by atoms with Crippen LogP contribution in [0.3, 0.4) is 0 Å². The predicted octanol–water partition coefficient (Wildman–Crippen LogP) is 0.0335. The van der Waals surface area contributed by atoms with E-state index in [-0.39, 0.29) is 17.7 Å². The standard InChI is InChI=1S/C17H29N3O6S/c1-27-7-6-12(18)16(24)19-9-10-2-4-11(5-3-10)15(23)20-13(17(25)26)8-14(21)22/h10-13H,2-9,18H2,1H3,(H,19,24)(H,20,23)(H,21,22)(H,25,26)/t10?,11?,12-,13-/m0/s1. The predicted molar refractivity (Wildman–Crippen MR) is 101 cm³/mol. The Labute approximate surface area is 162 Å². The van der Waals surface area contributed by atoms with Crippen LogP contribution in [0.1, 0.15) is 38.5 Å². The largest absolute Gasteiger partial charge is 0.481 e. The lowest BCUT2D eigenvalue weighted by molar-refractivity contribution is -0.147. The third kappa shape index (κ3) is 8.61. The van der Waals surface area contributed by atoms with Gasteiger partial charge >= 0.3 is 11.9 Å². The molecule has 0 heterocycles. The molecule has 0 bridgehead atoms. The van der Waals surface area contributed by atoms with Gasteiger partial charge in [-0.15, -0.1) is 0 Å². The Hall–Kier alpha value is -1.81. The molecule has 6 N–H and O–H groups in total. The first-order valence-corrected chi connectivity index (χ1v) is 10.4. The van der Waals surface area contributed by atoms with Crippen LogP contribution in [0.5, 0.6) is 0 Å². The second kappa shape index (κ2) is 11.8. The third-order valence-electron chi connectivity index (χ3n) is 4.75. The van der Waals surface area contributed by atoms with Crippen molar-refractivity contribution in [1.29, 1.82) is 0 Å². The van der Waals surface area contributed by atoms with Crippen molar-refractivity contribution in [3.63, 3.8) is 0 Å². The van der Waals surface area contributed by atoms with Crippen molar-refractivity contribution >= 4 is 35.5 Å². The molecule has 27 heavy (non-hydrogen) atoms. The fourth-order valence-electron chi connectivity index (χ4n) is 3.04. The van der Waals surface area contributed by atoms with Crippen molar-refractivity contribution in [3.05, 3.63) is 0 Å². The zero-order valence-corrected chi connectivity index (χ0v) is 16.3. The maximum atomic E-state index is 12.2. The molecule has 1 aliphatic carbocycles. The molecule has 1 rings (SSSR count). The van der Waals surface area contributed by atoms with Gasteiger partial charge in [0.05, 0.1) is 12.5 Å². The van der Waals surface area contributed by atoms with E-state index >= 15 is 0 Å². The smallest absolute Gasteiger partial charge is 0.326 e. The number of carboxylic acid groups (broad SMARTS) is 2. The topological polar surface area (TPSA) is 159 Å². The van der Waals surface area contributed by atoms with E-state index in [2.05, 4.69) is 10.6 Å². The van der Waals surface area contributed by atoms with Crippen molar-refractivity contribution < 1.29 is 29.4 Å². The first-order chi connectivity index (χ1) is 12.7. The monoisotopic (exact) mass is 403 g/mol. The minimum absolute atomic E-state index is 0.165. The molecule has 1 saturated carbocycles.